The molecule has 0 saturated heterocycles. The third kappa shape index (κ3) is 2.87. The number of nitrogens with zero attached hydrogens (tertiary/aromatic N) is 2. The minimum Gasteiger partial charge on any atom is -0.305 e. The monoisotopic (exact) mass is 233 g/mol. The van der Waals surface area contributed by atoms with Crippen LogP contribution in [0.15, 0.2) is 30.7 Å². The van der Waals surface area contributed by atoms with Gasteiger partial charge in [-0.2, -0.15) is 0 Å². The fourth-order valence-electron chi connectivity index (χ4n) is 1.49. The summed E-state index contributed by atoms with van der Waals surface area (Å²) in [5.41, 5.74) is 1.21. The molecule has 1 N–H and O–H groups in total. The van der Waals surface area contributed by atoms with Crippen LogP contribution in [0.2, 0.25) is 0 Å². The van der Waals surface area contributed by atoms with E-state index in [2.05, 4.69) is 28.3 Å². The Hall–Kier alpha value is -1.26. The molecule has 2 aromatic heterocycles. The van der Waals surface area contributed by atoms with Gasteiger partial charge in [0.1, 0.15) is 0 Å². The average molecular weight is 233 g/mol. The number of hydrogen-bond acceptors (Lipinski definition) is 4. The van der Waals surface area contributed by atoms with Crippen LogP contribution in [0, 0.1) is 6.92 Å². The number of rotatable bonds is 4. The third-order valence-corrected chi connectivity index (χ3v) is 3.35. The summed E-state index contributed by atoms with van der Waals surface area (Å²) in [4.78, 5) is 9.62. The number of hydrogen-bond donors (Lipinski definition) is 1. The van der Waals surface area contributed by atoms with Crippen LogP contribution in [0.1, 0.15) is 28.4 Å². The lowest BCUT2D eigenvalue weighted by Gasteiger charge is -2.12. The van der Waals surface area contributed by atoms with Crippen molar-refractivity contribution in [2.75, 3.05) is 0 Å². The van der Waals surface area contributed by atoms with E-state index in [1.54, 1.807) is 17.5 Å². The van der Waals surface area contributed by atoms with Crippen LogP contribution in [0.3, 0.4) is 0 Å². The largest absolute Gasteiger partial charge is 0.305 e. The van der Waals surface area contributed by atoms with E-state index in [-0.39, 0.29) is 0 Å². The summed E-state index contributed by atoms with van der Waals surface area (Å²) in [6.45, 7) is 5.03. The Labute approximate surface area is 99.6 Å². The molecule has 84 valence electrons. The first-order valence-corrected chi connectivity index (χ1v) is 6.12. The van der Waals surface area contributed by atoms with Crippen molar-refractivity contribution in [1.82, 2.24) is 15.3 Å². The minimum atomic E-state index is 0.316. The zero-order valence-corrected chi connectivity index (χ0v) is 10.3. The number of thiazole rings is 1. The van der Waals surface area contributed by atoms with Crippen LogP contribution in [-0.4, -0.2) is 9.97 Å². The molecular formula is C12H15N3S. The minimum absolute atomic E-state index is 0.316. The smallest absolute Gasteiger partial charge is 0.0897 e. The molecule has 4 heteroatoms. The summed E-state index contributed by atoms with van der Waals surface area (Å²) in [5, 5.41) is 4.58. The van der Waals surface area contributed by atoms with Gasteiger partial charge in [-0.3, -0.25) is 4.98 Å². The van der Waals surface area contributed by atoms with Crippen LogP contribution < -0.4 is 5.32 Å². The second-order valence-corrected chi connectivity index (χ2v) is 5.05. The Kier molecular flexibility index (Phi) is 3.64. The van der Waals surface area contributed by atoms with Gasteiger partial charge in [0.2, 0.25) is 0 Å². The van der Waals surface area contributed by atoms with E-state index in [1.807, 2.05) is 25.4 Å². The van der Waals surface area contributed by atoms with Crippen molar-refractivity contribution >= 4 is 11.3 Å². The fourth-order valence-corrected chi connectivity index (χ4v) is 2.24. The van der Waals surface area contributed by atoms with E-state index in [9.17, 15) is 0 Å². The van der Waals surface area contributed by atoms with Crippen molar-refractivity contribution in [3.05, 3.63) is 46.2 Å². The molecule has 0 amide bonds. The second kappa shape index (κ2) is 5.18. The summed E-state index contributed by atoms with van der Waals surface area (Å²) in [5.74, 6) is 0. The highest BCUT2D eigenvalue weighted by Crippen LogP contribution is 2.14. The molecule has 0 spiro atoms. The van der Waals surface area contributed by atoms with Gasteiger partial charge in [0.25, 0.3) is 0 Å². The van der Waals surface area contributed by atoms with Crippen molar-refractivity contribution in [3.8, 4) is 0 Å². The molecule has 0 aliphatic heterocycles. The van der Waals surface area contributed by atoms with Gasteiger partial charge in [0.15, 0.2) is 0 Å². The van der Waals surface area contributed by atoms with Crippen LogP contribution in [0.5, 0.6) is 0 Å². The van der Waals surface area contributed by atoms with Crippen molar-refractivity contribution in [2.24, 2.45) is 0 Å². The highest BCUT2D eigenvalue weighted by Gasteiger charge is 2.05. The molecule has 16 heavy (non-hydrogen) atoms. The van der Waals surface area contributed by atoms with Crippen molar-refractivity contribution in [1.29, 1.82) is 0 Å². The van der Waals surface area contributed by atoms with Crippen LogP contribution in [0.4, 0.5) is 0 Å². The quantitative estimate of drug-likeness (QED) is 0.882. The molecule has 0 saturated carbocycles. The number of aromatic nitrogens is 2. The summed E-state index contributed by atoms with van der Waals surface area (Å²) in [7, 11) is 0. The summed E-state index contributed by atoms with van der Waals surface area (Å²) in [6.07, 6.45) is 5.63. The topological polar surface area (TPSA) is 37.8 Å². The predicted octanol–water partition coefficient (Wildman–Crippen LogP) is 2.70. The summed E-state index contributed by atoms with van der Waals surface area (Å²) >= 11 is 1.74. The Morgan fingerprint density at radius 1 is 1.44 bits per heavy atom. The molecule has 0 radical (unpaired) electrons. The van der Waals surface area contributed by atoms with E-state index in [0.717, 1.165) is 11.6 Å². The van der Waals surface area contributed by atoms with Gasteiger partial charge in [0, 0.05) is 36.1 Å². The molecular weight excluding hydrogens is 218 g/mol. The molecule has 0 aliphatic carbocycles. The maximum atomic E-state index is 4.23. The standard InChI is InChI=1S/C12H15N3S/c1-9(11-4-3-5-13-6-11)14-7-12-8-15-10(2)16-12/h3-6,8-9,14H,7H2,1-2H3/t9-/m1/s1. The normalized spacial score (nSPS) is 12.6. The molecule has 2 heterocycles. The van der Waals surface area contributed by atoms with E-state index in [1.165, 1.54) is 10.4 Å². The molecule has 0 aliphatic rings. The SMILES string of the molecule is Cc1ncc(CN[C@H](C)c2cccnc2)s1. The molecule has 0 fully saturated rings. The van der Waals surface area contributed by atoms with E-state index in [0.29, 0.717) is 6.04 Å². The lowest BCUT2D eigenvalue weighted by Crippen LogP contribution is -2.17. The Balaban J connectivity index is 1.91. The maximum Gasteiger partial charge on any atom is 0.0897 e. The first-order valence-electron chi connectivity index (χ1n) is 5.30. The van der Waals surface area contributed by atoms with E-state index in [4.69, 9.17) is 0 Å². The molecule has 2 aromatic rings. The molecule has 0 aromatic carbocycles. The van der Waals surface area contributed by atoms with Crippen LogP contribution in [-0.2, 0) is 6.54 Å². The van der Waals surface area contributed by atoms with Gasteiger partial charge < -0.3 is 5.32 Å². The zero-order chi connectivity index (χ0) is 11.4. The van der Waals surface area contributed by atoms with Crippen molar-refractivity contribution < 1.29 is 0 Å². The van der Waals surface area contributed by atoms with Crippen LogP contribution >= 0.6 is 11.3 Å². The Morgan fingerprint density at radius 2 is 2.31 bits per heavy atom. The van der Waals surface area contributed by atoms with Gasteiger partial charge in [-0.1, -0.05) is 6.07 Å². The molecule has 0 unspecified atom stereocenters. The van der Waals surface area contributed by atoms with E-state index < -0.39 is 0 Å². The molecule has 2 rings (SSSR count). The number of aryl methyl sites for hydroxylation is 1. The first kappa shape index (κ1) is 11.2. The van der Waals surface area contributed by atoms with Gasteiger partial charge in [-0.05, 0) is 25.5 Å². The van der Waals surface area contributed by atoms with Crippen molar-refractivity contribution in [3.63, 3.8) is 0 Å². The lowest BCUT2D eigenvalue weighted by molar-refractivity contribution is 0.577. The number of nitrogens with one attached hydrogen (secondary N) is 1. The highest BCUT2D eigenvalue weighted by molar-refractivity contribution is 7.11. The first-order chi connectivity index (χ1) is 7.75. The maximum absolute atomic E-state index is 4.23. The average Bonchev–Trinajstić information content (AvgIpc) is 2.73. The van der Waals surface area contributed by atoms with Crippen molar-refractivity contribution in [2.45, 2.75) is 26.4 Å². The van der Waals surface area contributed by atoms with Gasteiger partial charge in [0.05, 0.1) is 5.01 Å². The second-order valence-electron chi connectivity index (χ2n) is 3.73. The highest BCUT2D eigenvalue weighted by atomic mass is 32.1. The Bertz CT molecular complexity index is 439. The molecule has 3 nitrogen and oxygen atoms in total. The van der Waals surface area contributed by atoms with Crippen LogP contribution in [0.25, 0.3) is 0 Å². The van der Waals surface area contributed by atoms with E-state index >= 15 is 0 Å². The van der Waals surface area contributed by atoms with Gasteiger partial charge in [-0.25, -0.2) is 4.98 Å². The zero-order valence-electron chi connectivity index (χ0n) is 9.47. The lowest BCUT2D eigenvalue weighted by atomic mass is 10.1. The fraction of sp³-hybridized carbons (Fsp3) is 0.333. The molecule has 1 atom stereocenters. The Morgan fingerprint density at radius 3 is 2.94 bits per heavy atom. The third-order valence-electron chi connectivity index (χ3n) is 2.44. The van der Waals surface area contributed by atoms with Gasteiger partial charge >= 0.3 is 0 Å². The number of pyridine rings is 1. The predicted molar refractivity (Wildman–Crippen MR) is 66.3 cm³/mol. The molecule has 0 bridgehead atoms. The summed E-state index contributed by atoms with van der Waals surface area (Å²) < 4.78 is 0. The van der Waals surface area contributed by atoms with Gasteiger partial charge in [-0.15, -0.1) is 11.3 Å². The summed E-state index contributed by atoms with van der Waals surface area (Å²) in [6, 6.07) is 4.36.